The molecule has 2 atom stereocenters. The van der Waals surface area contributed by atoms with Crippen molar-refractivity contribution < 1.29 is 14.3 Å². The summed E-state index contributed by atoms with van der Waals surface area (Å²) in [5.74, 6) is 0.702. The van der Waals surface area contributed by atoms with Crippen LogP contribution in [0.15, 0.2) is 16.7 Å². The van der Waals surface area contributed by atoms with Gasteiger partial charge in [-0.25, -0.2) is 0 Å². The van der Waals surface area contributed by atoms with E-state index in [-0.39, 0.29) is 0 Å². The van der Waals surface area contributed by atoms with Crippen LogP contribution in [0.5, 0.6) is 0 Å². The van der Waals surface area contributed by atoms with E-state index >= 15 is 0 Å². The third kappa shape index (κ3) is 2.61. The Balaban J connectivity index is 1.81. The van der Waals surface area contributed by atoms with Gasteiger partial charge in [0.05, 0.1) is 12.4 Å². The Labute approximate surface area is 90.0 Å². The highest BCUT2D eigenvalue weighted by Crippen LogP contribution is 2.26. The van der Waals surface area contributed by atoms with Crippen LogP contribution in [0.2, 0.25) is 0 Å². The summed E-state index contributed by atoms with van der Waals surface area (Å²) < 4.78 is 10.8. The maximum Gasteiger partial charge on any atom is 0.135 e. The predicted octanol–water partition coefficient (Wildman–Crippen LogP) is 2.58. The molecule has 1 aliphatic heterocycles. The Hall–Kier alpha value is -0.800. The fraction of sp³-hybridized carbons (Fsp3) is 0.667. The molecule has 1 fully saturated rings. The largest absolute Gasteiger partial charge is 0.466 e. The molecular weight excluding hydrogens is 192 g/mol. The van der Waals surface area contributed by atoms with Crippen LogP contribution >= 0.6 is 0 Å². The van der Waals surface area contributed by atoms with Crippen LogP contribution in [-0.2, 0) is 4.74 Å². The molecule has 0 saturated carbocycles. The lowest BCUT2D eigenvalue weighted by Gasteiger charge is -2.12. The predicted molar refractivity (Wildman–Crippen MR) is 56.6 cm³/mol. The fourth-order valence-electron chi connectivity index (χ4n) is 2.07. The van der Waals surface area contributed by atoms with Crippen LogP contribution < -0.4 is 0 Å². The highest BCUT2D eigenvalue weighted by atomic mass is 16.5. The van der Waals surface area contributed by atoms with E-state index in [1.165, 1.54) is 0 Å². The lowest BCUT2D eigenvalue weighted by Crippen LogP contribution is -2.08. The molecule has 0 spiro atoms. The summed E-state index contributed by atoms with van der Waals surface area (Å²) in [6, 6.07) is 1.88. The van der Waals surface area contributed by atoms with Crippen LogP contribution in [-0.4, -0.2) is 17.8 Å². The molecule has 3 nitrogen and oxygen atoms in total. The quantitative estimate of drug-likeness (QED) is 0.830. The Kier molecular flexibility index (Phi) is 3.44. The lowest BCUT2D eigenvalue weighted by molar-refractivity contribution is 0.0746. The third-order valence-electron chi connectivity index (χ3n) is 2.99. The molecule has 1 N–H and O–H groups in total. The van der Waals surface area contributed by atoms with E-state index in [9.17, 15) is 5.11 Å². The minimum absolute atomic E-state index is 0.343. The first-order chi connectivity index (χ1) is 7.27. The van der Waals surface area contributed by atoms with Gasteiger partial charge in [-0.2, -0.15) is 0 Å². The number of furan rings is 1. The maximum absolute atomic E-state index is 9.90. The van der Waals surface area contributed by atoms with Crippen molar-refractivity contribution in [1.82, 2.24) is 0 Å². The molecule has 0 radical (unpaired) electrons. The molecule has 15 heavy (non-hydrogen) atoms. The summed E-state index contributed by atoms with van der Waals surface area (Å²) in [6.45, 7) is 2.83. The molecule has 1 saturated heterocycles. The average molecular weight is 210 g/mol. The van der Waals surface area contributed by atoms with Gasteiger partial charge in [0.15, 0.2) is 0 Å². The number of aliphatic hydroxyl groups is 1. The standard InChI is InChI=1S/C12H18O3/c1-9-6-8-15-12(9)11(13)5-4-10-3-2-7-14-10/h6,8,10-11,13H,2-5,7H2,1H3. The van der Waals surface area contributed by atoms with E-state index in [2.05, 4.69) is 0 Å². The van der Waals surface area contributed by atoms with Gasteiger partial charge in [-0.05, 0) is 44.2 Å². The Morgan fingerprint density at radius 2 is 2.47 bits per heavy atom. The number of aryl methyl sites for hydroxylation is 1. The highest BCUT2D eigenvalue weighted by molar-refractivity contribution is 5.16. The molecule has 2 unspecified atom stereocenters. The lowest BCUT2D eigenvalue weighted by atomic mass is 10.0. The van der Waals surface area contributed by atoms with Crippen molar-refractivity contribution in [1.29, 1.82) is 0 Å². The zero-order valence-electron chi connectivity index (χ0n) is 9.11. The second-order valence-electron chi connectivity index (χ2n) is 4.20. The normalized spacial score (nSPS) is 23.2. The summed E-state index contributed by atoms with van der Waals surface area (Å²) >= 11 is 0. The molecular formula is C12H18O3. The molecule has 0 amide bonds. The average Bonchev–Trinajstić information content (AvgIpc) is 2.84. The van der Waals surface area contributed by atoms with Crippen molar-refractivity contribution in [2.45, 2.75) is 44.8 Å². The highest BCUT2D eigenvalue weighted by Gasteiger charge is 2.19. The van der Waals surface area contributed by atoms with E-state index in [0.717, 1.165) is 37.9 Å². The molecule has 0 aromatic carbocycles. The first-order valence-electron chi connectivity index (χ1n) is 5.61. The number of aliphatic hydroxyl groups excluding tert-OH is 1. The third-order valence-corrected chi connectivity index (χ3v) is 2.99. The van der Waals surface area contributed by atoms with Crippen LogP contribution in [0.3, 0.4) is 0 Å². The Morgan fingerprint density at radius 1 is 1.60 bits per heavy atom. The van der Waals surface area contributed by atoms with Crippen molar-refractivity contribution in [3.05, 3.63) is 23.7 Å². The molecule has 1 aromatic heterocycles. The van der Waals surface area contributed by atoms with Gasteiger partial charge < -0.3 is 14.3 Å². The molecule has 3 heteroatoms. The van der Waals surface area contributed by atoms with Crippen molar-refractivity contribution in [3.63, 3.8) is 0 Å². The van der Waals surface area contributed by atoms with Crippen molar-refractivity contribution in [2.75, 3.05) is 6.61 Å². The van der Waals surface area contributed by atoms with Crippen LogP contribution in [0, 0.1) is 6.92 Å². The summed E-state index contributed by atoms with van der Waals surface area (Å²) in [5.41, 5.74) is 1.02. The Bertz CT molecular complexity index is 300. The van der Waals surface area contributed by atoms with Gasteiger partial charge >= 0.3 is 0 Å². The van der Waals surface area contributed by atoms with Crippen molar-refractivity contribution in [3.8, 4) is 0 Å². The van der Waals surface area contributed by atoms with Gasteiger partial charge in [-0.15, -0.1) is 0 Å². The molecule has 2 rings (SSSR count). The summed E-state index contributed by atoms with van der Waals surface area (Å²) in [5, 5.41) is 9.90. The number of hydrogen-bond donors (Lipinski definition) is 1. The monoisotopic (exact) mass is 210 g/mol. The minimum Gasteiger partial charge on any atom is -0.466 e. The van der Waals surface area contributed by atoms with Crippen molar-refractivity contribution >= 4 is 0 Å². The van der Waals surface area contributed by atoms with Crippen LogP contribution in [0.25, 0.3) is 0 Å². The molecule has 1 aliphatic rings. The minimum atomic E-state index is -0.482. The van der Waals surface area contributed by atoms with Gasteiger partial charge in [0, 0.05) is 6.61 Å². The summed E-state index contributed by atoms with van der Waals surface area (Å²) in [6.07, 6.45) is 5.41. The molecule has 84 valence electrons. The topological polar surface area (TPSA) is 42.6 Å². The number of hydrogen-bond acceptors (Lipinski definition) is 3. The molecule has 1 aromatic rings. The zero-order chi connectivity index (χ0) is 10.7. The number of ether oxygens (including phenoxy) is 1. The van der Waals surface area contributed by atoms with Gasteiger partial charge in [-0.1, -0.05) is 0 Å². The first-order valence-corrected chi connectivity index (χ1v) is 5.61. The SMILES string of the molecule is Cc1ccoc1C(O)CCC1CCCO1. The van der Waals surface area contributed by atoms with Gasteiger partial charge in [0.2, 0.25) is 0 Å². The van der Waals surface area contributed by atoms with Gasteiger partial charge in [0.25, 0.3) is 0 Å². The fourth-order valence-corrected chi connectivity index (χ4v) is 2.07. The Morgan fingerprint density at radius 3 is 3.07 bits per heavy atom. The molecule has 2 heterocycles. The first kappa shape index (κ1) is 10.7. The van der Waals surface area contributed by atoms with E-state index in [4.69, 9.17) is 9.15 Å². The van der Waals surface area contributed by atoms with Gasteiger partial charge in [-0.3, -0.25) is 0 Å². The summed E-state index contributed by atoms with van der Waals surface area (Å²) in [4.78, 5) is 0. The van der Waals surface area contributed by atoms with E-state index in [0.29, 0.717) is 11.9 Å². The molecule has 0 bridgehead atoms. The smallest absolute Gasteiger partial charge is 0.135 e. The van der Waals surface area contributed by atoms with Crippen LogP contribution in [0.1, 0.15) is 43.1 Å². The zero-order valence-corrected chi connectivity index (χ0v) is 9.11. The van der Waals surface area contributed by atoms with Crippen molar-refractivity contribution in [2.24, 2.45) is 0 Å². The van der Waals surface area contributed by atoms with Gasteiger partial charge in [0.1, 0.15) is 11.9 Å². The van der Waals surface area contributed by atoms with E-state index in [1.807, 2.05) is 13.0 Å². The van der Waals surface area contributed by atoms with E-state index < -0.39 is 6.10 Å². The molecule has 0 aliphatic carbocycles. The summed E-state index contributed by atoms with van der Waals surface area (Å²) in [7, 11) is 0. The maximum atomic E-state index is 9.90. The second-order valence-corrected chi connectivity index (χ2v) is 4.20. The second kappa shape index (κ2) is 4.81. The number of rotatable bonds is 4. The van der Waals surface area contributed by atoms with Crippen LogP contribution in [0.4, 0.5) is 0 Å². The van der Waals surface area contributed by atoms with E-state index in [1.54, 1.807) is 6.26 Å².